The van der Waals surface area contributed by atoms with E-state index >= 15 is 0 Å². The summed E-state index contributed by atoms with van der Waals surface area (Å²) in [7, 11) is 0. The van der Waals surface area contributed by atoms with Gasteiger partial charge in [-0.05, 0) is 13.0 Å². The van der Waals surface area contributed by atoms with Gasteiger partial charge in [0.1, 0.15) is 24.6 Å². The molecule has 0 fully saturated rings. The number of carbonyl (C=O) groups excluding carboxylic acids is 1. The Balaban J connectivity index is 3.65. The maximum Gasteiger partial charge on any atom is 0.139 e. The highest BCUT2D eigenvalue weighted by Crippen LogP contribution is 2.10. The molecule has 0 aliphatic rings. The topological polar surface area (TPSA) is 110 Å². The molecule has 144 valence electrons. The number of aldehydes is 1. The van der Waals surface area contributed by atoms with Crippen LogP contribution in [0.2, 0.25) is 0 Å². The predicted octanol–water partition coefficient (Wildman–Crippen LogP) is 1.14. The number of hydrogen-bond acceptors (Lipinski definition) is 6. The highest BCUT2D eigenvalue weighted by Gasteiger charge is 2.30. The maximum atomic E-state index is 11.0. The van der Waals surface area contributed by atoms with Gasteiger partial charge in [0.15, 0.2) is 0 Å². The van der Waals surface area contributed by atoms with Gasteiger partial charge in [-0.2, -0.15) is 0 Å². The summed E-state index contributed by atoms with van der Waals surface area (Å²) >= 11 is 0. The zero-order valence-corrected chi connectivity index (χ0v) is 15.1. The second-order valence-electron chi connectivity index (χ2n) is 6.53. The van der Waals surface area contributed by atoms with Crippen LogP contribution in [0.25, 0.3) is 0 Å². The first-order valence-electron chi connectivity index (χ1n) is 9.42. The molecule has 0 saturated heterocycles. The van der Waals surface area contributed by atoms with Crippen molar-refractivity contribution in [2.45, 2.75) is 95.5 Å². The van der Waals surface area contributed by atoms with Crippen LogP contribution in [0, 0.1) is 0 Å². The Morgan fingerprint density at radius 2 is 1.33 bits per heavy atom. The zero-order valence-electron chi connectivity index (χ0n) is 15.1. The summed E-state index contributed by atoms with van der Waals surface area (Å²) in [6.45, 7) is 2.12. The fourth-order valence-corrected chi connectivity index (χ4v) is 2.68. The predicted molar refractivity (Wildman–Crippen MR) is 94.8 cm³/mol. The van der Waals surface area contributed by atoms with Crippen LogP contribution in [0.3, 0.4) is 0 Å². The summed E-state index contributed by atoms with van der Waals surface area (Å²) < 4.78 is 0. The van der Waals surface area contributed by atoms with E-state index in [1.165, 1.54) is 44.9 Å². The second kappa shape index (κ2) is 16.0. The number of hydrogen-bond donors (Lipinski definition) is 5. The number of carbonyl (C=O) groups is 1. The molecular formula is C18H37NO5. The van der Waals surface area contributed by atoms with Crippen molar-refractivity contribution in [1.82, 2.24) is 5.32 Å². The summed E-state index contributed by atoms with van der Waals surface area (Å²) in [6.07, 6.45) is 8.29. The highest BCUT2D eigenvalue weighted by atomic mass is 16.4. The van der Waals surface area contributed by atoms with Gasteiger partial charge >= 0.3 is 0 Å². The molecule has 0 saturated carbocycles. The van der Waals surface area contributed by atoms with Gasteiger partial charge in [0, 0.05) is 0 Å². The highest BCUT2D eigenvalue weighted by molar-refractivity contribution is 5.58. The van der Waals surface area contributed by atoms with Crippen LogP contribution in [-0.4, -0.2) is 64.2 Å². The lowest BCUT2D eigenvalue weighted by Crippen LogP contribution is -2.52. The van der Waals surface area contributed by atoms with E-state index in [4.69, 9.17) is 5.11 Å². The molecule has 0 bridgehead atoms. The van der Waals surface area contributed by atoms with E-state index in [-0.39, 0.29) is 0 Å². The van der Waals surface area contributed by atoms with Crippen LogP contribution in [0.4, 0.5) is 0 Å². The molecule has 0 aromatic rings. The zero-order chi connectivity index (χ0) is 18.2. The minimum atomic E-state index is -1.55. The average Bonchev–Trinajstić information content (AvgIpc) is 2.61. The van der Waals surface area contributed by atoms with Gasteiger partial charge in [-0.25, -0.2) is 0 Å². The Bertz CT molecular complexity index is 291. The van der Waals surface area contributed by atoms with Crippen LogP contribution in [0.1, 0.15) is 71.1 Å². The van der Waals surface area contributed by atoms with E-state index in [1.54, 1.807) is 0 Å². The monoisotopic (exact) mass is 347 g/mol. The lowest BCUT2D eigenvalue weighted by atomic mass is 10.0. The largest absolute Gasteiger partial charge is 0.394 e. The molecule has 0 heterocycles. The van der Waals surface area contributed by atoms with E-state index in [0.717, 1.165) is 19.3 Å². The van der Waals surface area contributed by atoms with Crippen molar-refractivity contribution >= 4 is 6.29 Å². The first-order chi connectivity index (χ1) is 11.6. The minimum Gasteiger partial charge on any atom is -0.394 e. The maximum absolute atomic E-state index is 11.0. The van der Waals surface area contributed by atoms with Crippen molar-refractivity contribution in [2.24, 2.45) is 0 Å². The fraction of sp³-hybridized carbons (Fsp3) is 0.944. The number of nitrogens with one attached hydrogen (secondary N) is 1. The van der Waals surface area contributed by atoms with E-state index in [0.29, 0.717) is 12.8 Å². The standard InChI is InChI=1S/C18H37NO5/c1-2-3-4-5-6-7-8-9-10-11-12-19-15(13-20)17(23)18(24)16(22)14-21/h13,15-19,21-24H,2-12,14H2,1H3/t15-,16+,17+,18+/m0/s1. The molecule has 5 N–H and O–H groups in total. The molecule has 0 radical (unpaired) electrons. The lowest BCUT2D eigenvalue weighted by molar-refractivity contribution is -0.120. The van der Waals surface area contributed by atoms with Crippen molar-refractivity contribution in [1.29, 1.82) is 0 Å². The molecule has 0 aromatic carbocycles. The molecule has 0 aliphatic carbocycles. The van der Waals surface area contributed by atoms with Gasteiger partial charge in [0.25, 0.3) is 0 Å². The SMILES string of the molecule is CCCCCCCCCCCCN[C@@H](C=O)[C@@H](O)[C@H](O)[C@H](O)CO. The first-order valence-corrected chi connectivity index (χ1v) is 9.42. The Morgan fingerprint density at radius 1 is 0.833 bits per heavy atom. The first kappa shape index (κ1) is 23.5. The van der Waals surface area contributed by atoms with Gasteiger partial charge < -0.3 is 30.5 Å². The fourth-order valence-electron chi connectivity index (χ4n) is 2.68. The summed E-state index contributed by atoms with van der Waals surface area (Å²) in [6, 6.07) is -0.945. The van der Waals surface area contributed by atoms with Crippen LogP contribution < -0.4 is 5.32 Å². The van der Waals surface area contributed by atoms with Crippen LogP contribution in [-0.2, 0) is 4.79 Å². The van der Waals surface area contributed by atoms with Crippen LogP contribution in [0.5, 0.6) is 0 Å². The molecule has 0 aliphatic heterocycles. The Hall–Kier alpha value is -0.530. The number of rotatable bonds is 17. The molecule has 24 heavy (non-hydrogen) atoms. The molecular weight excluding hydrogens is 310 g/mol. The molecule has 0 spiro atoms. The average molecular weight is 347 g/mol. The van der Waals surface area contributed by atoms with E-state index < -0.39 is 31.0 Å². The third kappa shape index (κ3) is 11.1. The number of aliphatic hydroxyl groups is 4. The summed E-state index contributed by atoms with van der Waals surface area (Å²) in [5, 5.41) is 40.4. The molecule has 0 unspecified atom stereocenters. The summed E-state index contributed by atoms with van der Waals surface area (Å²) in [5.74, 6) is 0. The Labute approximate surface area is 146 Å². The Kier molecular flexibility index (Phi) is 15.6. The van der Waals surface area contributed by atoms with E-state index in [9.17, 15) is 20.1 Å². The molecule has 0 rings (SSSR count). The quantitative estimate of drug-likeness (QED) is 0.199. The van der Waals surface area contributed by atoms with Crippen molar-refractivity contribution < 1.29 is 25.2 Å². The second-order valence-corrected chi connectivity index (χ2v) is 6.53. The third-order valence-electron chi connectivity index (χ3n) is 4.36. The molecule has 6 nitrogen and oxygen atoms in total. The van der Waals surface area contributed by atoms with Crippen LogP contribution in [0.15, 0.2) is 0 Å². The van der Waals surface area contributed by atoms with Crippen LogP contribution >= 0.6 is 0 Å². The van der Waals surface area contributed by atoms with Gasteiger partial charge in [-0.3, -0.25) is 0 Å². The van der Waals surface area contributed by atoms with Gasteiger partial charge in [-0.1, -0.05) is 64.7 Å². The Morgan fingerprint density at radius 3 is 1.79 bits per heavy atom. The number of aliphatic hydroxyl groups excluding tert-OH is 4. The summed E-state index contributed by atoms with van der Waals surface area (Å²) in [4.78, 5) is 11.0. The van der Waals surface area contributed by atoms with Gasteiger partial charge in [-0.15, -0.1) is 0 Å². The van der Waals surface area contributed by atoms with Crippen molar-refractivity contribution in [3.8, 4) is 0 Å². The normalized spacial score (nSPS) is 16.5. The summed E-state index contributed by atoms with van der Waals surface area (Å²) in [5.41, 5.74) is 0. The van der Waals surface area contributed by atoms with Gasteiger partial charge in [0.05, 0.1) is 12.6 Å². The molecule has 6 heteroatoms. The smallest absolute Gasteiger partial charge is 0.139 e. The van der Waals surface area contributed by atoms with E-state index in [2.05, 4.69) is 12.2 Å². The van der Waals surface area contributed by atoms with Crippen molar-refractivity contribution in [3.05, 3.63) is 0 Å². The lowest BCUT2D eigenvalue weighted by Gasteiger charge is -2.26. The van der Waals surface area contributed by atoms with Crippen molar-refractivity contribution in [2.75, 3.05) is 13.2 Å². The molecule has 0 amide bonds. The minimum absolute atomic E-state index is 0.522. The van der Waals surface area contributed by atoms with E-state index in [1.807, 2.05) is 0 Å². The van der Waals surface area contributed by atoms with Gasteiger partial charge in [0.2, 0.25) is 0 Å². The molecule has 4 atom stereocenters. The molecule has 0 aromatic heterocycles. The van der Waals surface area contributed by atoms with Crippen molar-refractivity contribution in [3.63, 3.8) is 0 Å². The number of unbranched alkanes of at least 4 members (excludes halogenated alkanes) is 9. The third-order valence-corrected chi connectivity index (χ3v) is 4.36.